The Morgan fingerprint density at radius 1 is 1.15 bits per heavy atom. The highest BCUT2D eigenvalue weighted by Gasteiger charge is 1.91. The minimum Gasteiger partial charge on any atom is -0.392 e. The molecule has 0 aromatic rings. The molecule has 1 N–H and O–H groups in total. The second-order valence-electron chi connectivity index (χ2n) is 2.96. The minimum absolute atomic E-state index is 0.0692. The molecule has 0 aromatic carbocycles. The van der Waals surface area contributed by atoms with Gasteiger partial charge in [-0.3, -0.25) is 4.79 Å². The lowest BCUT2D eigenvalue weighted by Crippen LogP contribution is -1.89. The van der Waals surface area contributed by atoms with Crippen LogP contribution >= 0.6 is 0 Å². The van der Waals surface area contributed by atoms with E-state index in [9.17, 15) is 4.79 Å². The molecule has 0 bridgehead atoms. The van der Waals surface area contributed by atoms with Crippen LogP contribution in [0.3, 0.4) is 0 Å². The van der Waals surface area contributed by atoms with Gasteiger partial charge in [-0.15, -0.1) is 0 Å². The zero-order valence-corrected chi connectivity index (χ0v) is 8.37. The molecule has 72 valence electrons. The van der Waals surface area contributed by atoms with Crippen molar-refractivity contribution in [3.8, 4) is 0 Å². The maximum absolute atomic E-state index is 10.8. The van der Waals surface area contributed by atoms with Crippen molar-refractivity contribution in [2.24, 2.45) is 0 Å². The van der Waals surface area contributed by atoms with Crippen LogP contribution in [-0.2, 0) is 4.79 Å². The molecular formula is C11H16O2. The van der Waals surface area contributed by atoms with Gasteiger partial charge in [0.15, 0.2) is 5.78 Å². The average molecular weight is 180 g/mol. The third-order valence-electron chi connectivity index (χ3n) is 1.64. The summed E-state index contributed by atoms with van der Waals surface area (Å²) in [5.74, 6) is 0.0764. The Bertz CT molecular complexity index is 257. The number of rotatable bonds is 4. The van der Waals surface area contributed by atoms with Crippen LogP contribution in [0, 0.1) is 0 Å². The number of aliphatic hydroxyl groups excluding tert-OH is 1. The second kappa shape index (κ2) is 6.38. The lowest BCUT2D eigenvalue weighted by molar-refractivity contribution is -0.113. The summed E-state index contributed by atoms with van der Waals surface area (Å²) in [6.45, 7) is 5.22. The number of carbonyl (C=O) groups is 1. The Kier molecular flexibility index (Phi) is 5.81. The quantitative estimate of drug-likeness (QED) is 0.531. The molecule has 0 saturated carbocycles. The van der Waals surface area contributed by atoms with Crippen molar-refractivity contribution < 1.29 is 9.90 Å². The number of aliphatic hydroxyl groups is 1. The largest absolute Gasteiger partial charge is 0.392 e. The zero-order valence-electron chi connectivity index (χ0n) is 8.37. The summed E-state index contributed by atoms with van der Waals surface area (Å²) in [5, 5.41) is 8.66. The average Bonchev–Trinajstić information content (AvgIpc) is 2.11. The zero-order chi connectivity index (χ0) is 10.3. The van der Waals surface area contributed by atoms with Gasteiger partial charge in [0.05, 0.1) is 6.61 Å². The van der Waals surface area contributed by atoms with E-state index in [4.69, 9.17) is 5.11 Å². The van der Waals surface area contributed by atoms with Gasteiger partial charge in [-0.05, 0) is 31.9 Å². The van der Waals surface area contributed by atoms with Gasteiger partial charge in [0.1, 0.15) is 0 Å². The smallest absolute Gasteiger partial charge is 0.155 e. The van der Waals surface area contributed by atoms with Gasteiger partial charge in [0.2, 0.25) is 0 Å². The fourth-order valence-corrected chi connectivity index (χ4v) is 0.590. The van der Waals surface area contributed by atoms with Crippen LogP contribution in [0.4, 0.5) is 0 Å². The highest BCUT2D eigenvalue weighted by molar-refractivity contribution is 5.92. The molecule has 0 saturated heterocycles. The van der Waals surface area contributed by atoms with Crippen molar-refractivity contribution in [3.63, 3.8) is 0 Å². The molecule has 2 nitrogen and oxygen atoms in total. The number of allylic oxidation sites excluding steroid dienone is 5. The normalized spacial score (nSPS) is 13.8. The van der Waals surface area contributed by atoms with Crippen LogP contribution in [0.2, 0.25) is 0 Å². The van der Waals surface area contributed by atoms with E-state index >= 15 is 0 Å². The van der Waals surface area contributed by atoms with Crippen LogP contribution in [0.1, 0.15) is 20.8 Å². The predicted octanol–water partition coefficient (Wildman–Crippen LogP) is 2.02. The van der Waals surface area contributed by atoms with E-state index in [1.54, 1.807) is 25.2 Å². The molecule has 0 fully saturated rings. The molecular weight excluding hydrogens is 164 g/mol. The van der Waals surface area contributed by atoms with Crippen molar-refractivity contribution in [1.29, 1.82) is 0 Å². The molecule has 0 aliphatic heterocycles. The molecule has 0 radical (unpaired) electrons. The number of hydrogen-bond acceptors (Lipinski definition) is 2. The number of carbonyl (C=O) groups excluding carboxylic acids is 1. The third kappa shape index (κ3) is 6.05. The molecule has 0 aliphatic carbocycles. The summed E-state index contributed by atoms with van der Waals surface area (Å²) in [4.78, 5) is 10.8. The molecule has 0 rings (SSSR count). The van der Waals surface area contributed by atoms with Gasteiger partial charge < -0.3 is 5.11 Å². The fourth-order valence-electron chi connectivity index (χ4n) is 0.590. The van der Waals surface area contributed by atoms with Crippen molar-refractivity contribution in [1.82, 2.24) is 0 Å². The first-order chi connectivity index (χ1) is 6.07. The molecule has 0 amide bonds. The number of hydrogen-bond donors (Lipinski definition) is 1. The highest BCUT2D eigenvalue weighted by Crippen LogP contribution is 1.95. The Balaban J connectivity index is 4.16. The van der Waals surface area contributed by atoms with Crippen molar-refractivity contribution in [2.75, 3.05) is 6.61 Å². The number of Topliss-reactive ketones (excluding diaryl/α,β-unsaturated/α-hetero) is 1. The Morgan fingerprint density at radius 3 is 2.15 bits per heavy atom. The van der Waals surface area contributed by atoms with E-state index in [1.165, 1.54) is 6.92 Å². The summed E-state index contributed by atoms with van der Waals surface area (Å²) >= 11 is 0. The van der Waals surface area contributed by atoms with Gasteiger partial charge in [0.25, 0.3) is 0 Å². The highest BCUT2D eigenvalue weighted by atomic mass is 16.3. The van der Waals surface area contributed by atoms with Crippen molar-refractivity contribution in [2.45, 2.75) is 20.8 Å². The second-order valence-corrected chi connectivity index (χ2v) is 2.96. The van der Waals surface area contributed by atoms with Crippen LogP contribution in [0.15, 0.2) is 35.5 Å². The maximum atomic E-state index is 10.8. The van der Waals surface area contributed by atoms with E-state index < -0.39 is 0 Å². The molecule has 0 atom stereocenters. The predicted molar refractivity (Wildman–Crippen MR) is 54.4 cm³/mol. The van der Waals surface area contributed by atoms with Crippen LogP contribution in [-0.4, -0.2) is 17.5 Å². The Hall–Kier alpha value is -1.15. The van der Waals surface area contributed by atoms with Crippen molar-refractivity contribution >= 4 is 5.78 Å². The molecule has 0 spiro atoms. The first-order valence-corrected chi connectivity index (χ1v) is 4.20. The van der Waals surface area contributed by atoms with Gasteiger partial charge in [-0.2, -0.15) is 0 Å². The standard InChI is InChI=1S/C11H16O2/c1-9(8-12)6-4-5-7-10(2)11(3)13/h4-7,12H,8H2,1-3H3/b5-4+,9-6+,10-7+. The molecule has 0 unspecified atom stereocenters. The summed E-state index contributed by atoms with van der Waals surface area (Å²) in [5.41, 5.74) is 1.62. The molecule has 2 heteroatoms. The van der Waals surface area contributed by atoms with Crippen LogP contribution in [0.25, 0.3) is 0 Å². The monoisotopic (exact) mass is 180 g/mol. The molecule has 0 aromatic heterocycles. The van der Waals surface area contributed by atoms with E-state index in [2.05, 4.69) is 0 Å². The summed E-state index contributed by atoms with van der Waals surface area (Å²) < 4.78 is 0. The van der Waals surface area contributed by atoms with Crippen LogP contribution < -0.4 is 0 Å². The van der Waals surface area contributed by atoms with Gasteiger partial charge in [-0.1, -0.05) is 24.3 Å². The first kappa shape index (κ1) is 11.8. The SMILES string of the molecule is CC(=O)/C(C)=C/C=C/C=C(\C)CO. The molecule has 0 heterocycles. The van der Waals surface area contributed by atoms with E-state index in [1.807, 2.05) is 13.0 Å². The third-order valence-corrected chi connectivity index (χ3v) is 1.64. The topological polar surface area (TPSA) is 37.3 Å². The van der Waals surface area contributed by atoms with E-state index in [-0.39, 0.29) is 12.4 Å². The lowest BCUT2D eigenvalue weighted by Gasteiger charge is -1.89. The van der Waals surface area contributed by atoms with E-state index in [0.29, 0.717) is 0 Å². The van der Waals surface area contributed by atoms with Crippen LogP contribution in [0.5, 0.6) is 0 Å². The fraction of sp³-hybridized carbons (Fsp3) is 0.364. The maximum Gasteiger partial charge on any atom is 0.155 e. The molecule has 0 aliphatic rings. The van der Waals surface area contributed by atoms with Crippen molar-refractivity contribution in [3.05, 3.63) is 35.5 Å². The van der Waals surface area contributed by atoms with Gasteiger partial charge in [0, 0.05) is 0 Å². The van der Waals surface area contributed by atoms with Gasteiger partial charge in [-0.25, -0.2) is 0 Å². The lowest BCUT2D eigenvalue weighted by atomic mass is 10.2. The minimum atomic E-state index is 0.0692. The van der Waals surface area contributed by atoms with E-state index in [0.717, 1.165) is 11.1 Å². The summed E-state index contributed by atoms with van der Waals surface area (Å²) in [6.07, 6.45) is 7.15. The Morgan fingerprint density at radius 2 is 1.69 bits per heavy atom. The summed E-state index contributed by atoms with van der Waals surface area (Å²) in [7, 11) is 0. The Labute approximate surface area is 79.3 Å². The number of ketones is 1. The molecule has 13 heavy (non-hydrogen) atoms. The first-order valence-electron chi connectivity index (χ1n) is 4.20. The van der Waals surface area contributed by atoms with Gasteiger partial charge >= 0.3 is 0 Å². The summed E-state index contributed by atoms with van der Waals surface area (Å²) in [6, 6.07) is 0.